The summed E-state index contributed by atoms with van der Waals surface area (Å²) >= 11 is 0. The van der Waals surface area contributed by atoms with Crippen LogP contribution in [0.3, 0.4) is 0 Å². The van der Waals surface area contributed by atoms with Gasteiger partial charge in [0.15, 0.2) is 0 Å². The summed E-state index contributed by atoms with van der Waals surface area (Å²) in [5.74, 6) is 6.79. The molecule has 4 aromatic rings. The molecule has 38 heavy (non-hydrogen) atoms. The van der Waals surface area contributed by atoms with E-state index < -0.39 is 0 Å². The highest BCUT2D eigenvalue weighted by molar-refractivity contribution is 6.04. The predicted octanol–water partition coefficient (Wildman–Crippen LogP) is 4.44. The van der Waals surface area contributed by atoms with E-state index >= 15 is 0 Å². The van der Waals surface area contributed by atoms with Gasteiger partial charge in [-0.3, -0.25) is 14.0 Å². The van der Waals surface area contributed by atoms with Crippen molar-refractivity contribution in [2.45, 2.75) is 45.6 Å². The highest BCUT2D eigenvalue weighted by atomic mass is 16.2. The zero-order valence-electron chi connectivity index (χ0n) is 21.6. The molecule has 3 N–H and O–H groups in total. The Morgan fingerprint density at radius 3 is 2.61 bits per heavy atom. The Labute approximate surface area is 221 Å². The van der Waals surface area contributed by atoms with Crippen molar-refractivity contribution in [3.63, 3.8) is 0 Å². The molecule has 4 heterocycles. The summed E-state index contributed by atoms with van der Waals surface area (Å²) in [7, 11) is 0. The molecule has 1 saturated heterocycles. The van der Waals surface area contributed by atoms with Crippen LogP contribution in [0.15, 0.2) is 55.0 Å². The van der Waals surface area contributed by atoms with E-state index in [0.717, 1.165) is 24.0 Å². The molecular formula is C29H29N7O2. The van der Waals surface area contributed by atoms with Gasteiger partial charge in [0.1, 0.15) is 28.7 Å². The van der Waals surface area contributed by atoms with E-state index in [1.807, 2.05) is 28.8 Å². The number of hydrogen-bond donors (Lipinski definition) is 2. The van der Waals surface area contributed by atoms with Gasteiger partial charge in [0.05, 0.1) is 6.04 Å². The van der Waals surface area contributed by atoms with Gasteiger partial charge in [-0.05, 0) is 55.4 Å². The summed E-state index contributed by atoms with van der Waals surface area (Å²) in [6, 6.07) is 10.7. The minimum atomic E-state index is -0.255. The number of benzene rings is 1. The van der Waals surface area contributed by atoms with Crippen molar-refractivity contribution in [3.8, 4) is 23.1 Å². The average Bonchev–Trinajstić information content (AvgIpc) is 3.55. The first-order valence-corrected chi connectivity index (χ1v) is 12.6. The van der Waals surface area contributed by atoms with Crippen LogP contribution >= 0.6 is 0 Å². The number of amides is 2. The number of nitrogens with one attached hydrogen (secondary N) is 1. The van der Waals surface area contributed by atoms with Crippen molar-refractivity contribution in [1.29, 1.82) is 0 Å². The maximum atomic E-state index is 12.8. The lowest BCUT2D eigenvalue weighted by Crippen LogP contribution is -2.30. The number of likely N-dealkylation sites (tertiary alicyclic amines) is 1. The molecule has 0 saturated carbocycles. The summed E-state index contributed by atoms with van der Waals surface area (Å²) in [5, 5.41) is 2.84. The molecule has 192 valence electrons. The van der Waals surface area contributed by atoms with Gasteiger partial charge in [0, 0.05) is 36.3 Å². The van der Waals surface area contributed by atoms with Crippen LogP contribution in [0.4, 0.5) is 11.6 Å². The van der Waals surface area contributed by atoms with Crippen molar-refractivity contribution < 1.29 is 9.59 Å². The Morgan fingerprint density at radius 2 is 1.92 bits per heavy atom. The molecule has 1 aliphatic rings. The first kappa shape index (κ1) is 25.0. The first-order chi connectivity index (χ1) is 18.4. The third-order valence-corrected chi connectivity index (χ3v) is 6.77. The van der Waals surface area contributed by atoms with Crippen molar-refractivity contribution in [2.75, 3.05) is 17.6 Å². The van der Waals surface area contributed by atoms with Gasteiger partial charge >= 0.3 is 0 Å². The molecule has 1 fully saturated rings. The van der Waals surface area contributed by atoms with Gasteiger partial charge in [-0.15, -0.1) is 0 Å². The fourth-order valence-electron chi connectivity index (χ4n) is 4.77. The number of carbonyl (C=O) groups is 2. The lowest BCUT2D eigenvalue weighted by Gasteiger charge is -2.21. The average molecular weight is 508 g/mol. The second kappa shape index (κ2) is 10.3. The number of carbonyl (C=O) groups excluding carboxylic acids is 2. The summed E-state index contributed by atoms with van der Waals surface area (Å²) in [5.41, 5.74) is 9.98. The molecule has 3 aromatic heterocycles. The number of hydrogen-bond acceptors (Lipinski definition) is 6. The van der Waals surface area contributed by atoms with Crippen LogP contribution in [0.1, 0.15) is 67.3 Å². The molecule has 9 heteroatoms. The fourth-order valence-corrected chi connectivity index (χ4v) is 4.77. The number of nitrogens with two attached hydrogens (primary N) is 1. The van der Waals surface area contributed by atoms with Gasteiger partial charge in [-0.1, -0.05) is 38.0 Å². The fraction of sp³-hybridized carbons (Fsp3) is 0.276. The SMILES string of the molecule is CC#CC(=O)N1CCC[C@H]1c1nc(-c2ccc(C(=O)Nc3ccc(C(C)C)cn3)cc2)c2c(N)nccn12. The number of rotatable bonds is 5. The van der Waals surface area contributed by atoms with E-state index in [9.17, 15) is 9.59 Å². The summed E-state index contributed by atoms with van der Waals surface area (Å²) in [6.45, 7) is 6.47. The van der Waals surface area contributed by atoms with Crippen LogP contribution < -0.4 is 11.1 Å². The van der Waals surface area contributed by atoms with Gasteiger partial charge < -0.3 is 16.0 Å². The van der Waals surface area contributed by atoms with Gasteiger partial charge in [-0.25, -0.2) is 15.0 Å². The third-order valence-electron chi connectivity index (χ3n) is 6.77. The molecule has 1 aromatic carbocycles. The van der Waals surface area contributed by atoms with Crippen LogP contribution in [0, 0.1) is 11.8 Å². The molecule has 0 unspecified atom stereocenters. The quantitative estimate of drug-likeness (QED) is 0.386. The van der Waals surface area contributed by atoms with Crippen molar-refractivity contribution in [1.82, 2.24) is 24.3 Å². The monoisotopic (exact) mass is 507 g/mol. The molecule has 5 rings (SSSR count). The molecular weight excluding hydrogens is 478 g/mol. The van der Waals surface area contributed by atoms with E-state index in [4.69, 9.17) is 10.7 Å². The predicted molar refractivity (Wildman–Crippen MR) is 146 cm³/mol. The zero-order valence-corrected chi connectivity index (χ0v) is 21.6. The minimum absolute atomic E-state index is 0.209. The standard InChI is InChI=1S/C29H29N7O2/c1-4-6-24(37)35-15-5-7-22(35)28-34-25(26-27(30)31-14-16-36(26)28)19-8-10-20(11-9-19)29(38)33-23-13-12-21(17-32-23)18(2)3/h8-14,16-18,22H,5,7,15H2,1-3H3,(H2,30,31)(H,32,33,38)/t22-/m0/s1. The number of fused-ring (bicyclic) bond motifs is 1. The molecule has 1 aliphatic heterocycles. The smallest absolute Gasteiger partial charge is 0.299 e. The van der Waals surface area contributed by atoms with Gasteiger partial charge in [0.2, 0.25) is 0 Å². The minimum Gasteiger partial charge on any atom is -0.382 e. The largest absolute Gasteiger partial charge is 0.382 e. The molecule has 1 atom stereocenters. The van der Waals surface area contributed by atoms with E-state index in [1.54, 1.807) is 42.4 Å². The maximum Gasteiger partial charge on any atom is 0.299 e. The topological polar surface area (TPSA) is 119 Å². The van der Waals surface area contributed by atoms with Crippen molar-refractivity contribution >= 4 is 29.0 Å². The van der Waals surface area contributed by atoms with E-state index in [2.05, 4.69) is 41.0 Å². The summed E-state index contributed by atoms with van der Waals surface area (Å²) < 4.78 is 1.90. The molecule has 2 amide bonds. The number of aromatic nitrogens is 4. The Morgan fingerprint density at radius 1 is 1.13 bits per heavy atom. The third kappa shape index (κ3) is 4.68. The second-order valence-corrected chi connectivity index (χ2v) is 9.54. The number of imidazole rings is 1. The number of pyridine rings is 1. The molecule has 0 bridgehead atoms. The molecule has 0 spiro atoms. The van der Waals surface area contributed by atoms with Crippen LogP contribution in [0.2, 0.25) is 0 Å². The highest BCUT2D eigenvalue weighted by Gasteiger charge is 2.33. The first-order valence-electron chi connectivity index (χ1n) is 12.6. The van der Waals surface area contributed by atoms with Crippen molar-refractivity contribution in [3.05, 3.63) is 71.9 Å². The Bertz CT molecular complexity index is 1560. The zero-order chi connectivity index (χ0) is 26.8. The molecule has 0 aliphatic carbocycles. The Balaban J connectivity index is 1.45. The second-order valence-electron chi connectivity index (χ2n) is 9.54. The van der Waals surface area contributed by atoms with Crippen LogP contribution in [-0.2, 0) is 4.79 Å². The lowest BCUT2D eigenvalue weighted by atomic mass is 10.1. The Hall–Kier alpha value is -4.71. The molecule has 9 nitrogen and oxygen atoms in total. The maximum absolute atomic E-state index is 12.8. The summed E-state index contributed by atoms with van der Waals surface area (Å²) in [4.78, 5) is 40.8. The lowest BCUT2D eigenvalue weighted by molar-refractivity contribution is -0.126. The van der Waals surface area contributed by atoms with Crippen molar-refractivity contribution in [2.24, 2.45) is 0 Å². The highest BCUT2D eigenvalue weighted by Crippen LogP contribution is 2.36. The number of nitrogens with zero attached hydrogens (tertiary/aromatic N) is 5. The van der Waals surface area contributed by atoms with Crippen LogP contribution in [-0.4, -0.2) is 42.6 Å². The van der Waals surface area contributed by atoms with Crippen LogP contribution in [0.5, 0.6) is 0 Å². The van der Waals surface area contributed by atoms with Gasteiger partial charge in [-0.2, -0.15) is 0 Å². The number of anilines is 2. The van der Waals surface area contributed by atoms with E-state index in [-0.39, 0.29) is 17.9 Å². The van der Waals surface area contributed by atoms with E-state index in [1.165, 1.54) is 0 Å². The van der Waals surface area contributed by atoms with Crippen LogP contribution in [0.25, 0.3) is 16.8 Å². The number of nitrogen functional groups attached to an aromatic ring is 1. The summed E-state index contributed by atoms with van der Waals surface area (Å²) in [6.07, 6.45) is 6.86. The van der Waals surface area contributed by atoms with E-state index in [0.29, 0.717) is 46.7 Å². The molecule has 0 radical (unpaired) electrons. The normalized spacial score (nSPS) is 14.9. The Kier molecular flexibility index (Phi) is 6.79. The van der Waals surface area contributed by atoms with Gasteiger partial charge in [0.25, 0.3) is 11.8 Å².